The lowest BCUT2D eigenvalue weighted by Gasteiger charge is -2.38. The van der Waals surface area contributed by atoms with Crippen molar-refractivity contribution in [3.05, 3.63) is 28.8 Å². The van der Waals surface area contributed by atoms with Gasteiger partial charge in [0.25, 0.3) is 5.91 Å². The number of halogens is 1. The molecule has 5 heteroatoms. The third-order valence-corrected chi connectivity index (χ3v) is 3.46. The highest BCUT2D eigenvalue weighted by molar-refractivity contribution is 6.31. The molecular weight excluding hydrogens is 238 g/mol. The summed E-state index contributed by atoms with van der Waals surface area (Å²) in [5, 5.41) is 3.73. The number of amides is 1. The topological polar surface area (TPSA) is 81.1 Å². The minimum Gasteiger partial charge on any atom is -0.383 e. The summed E-state index contributed by atoms with van der Waals surface area (Å²) in [6, 6.07) is 4.97. The van der Waals surface area contributed by atoms with Crippen molar-refractivity contribution in [3.8, 4) is 0 Å². The molecule has 4 nitrogen and oxygen atoms in total. The Labute approximate surface area is 105 Å². The van der Waals surface area contributed by atoms with Gasteiger partial charge in [-0.1, -0.05) is 11.6 Å². The second kappa shape index (κ2) is 4.55. The van der Waals surface area contributed by atoms with E-state index in [9.17, 15) is 4.79 Å². The summed E-state index contributed by atoms with van der Waals surface area (Å²) in [6.07, 6.45) is 3.18. The summed E-state index contributed by atoms with van der Waals surface area (Å²) < 4.78 is 0. The lowest BCUT2D eigenvalue weighted by molar-refractivity contribution is 0.100. The Bertz CT molecular complexity index is 443. The normalized spacial score (nSPS) is 17.3. The summed E-state index contributed by atoms with van der Waals surface area (Å²) in [5.41, 5.74) is 12.3. The molecule has 0 spiro atoms. The van der Waals surface area contributed by atoms with Gasteiger partial charge in [-0.05, 0) is 37.5 Å². The molecule has 0 heterocycles. The molecule has 1 aliphatic carbocycles. The van der Waals surface area contributed by atoms with E-state index in [1.165, 1.54) is 0 Å². The van der Waals surface area contributed by atoms with Crippen LogP contribution in [0.1, 0.15) is 29.6 Å². The van der Waals surface area contributed by atoms with E-state index in [1.807, 2.05) is 0 Å². The zero-order valence-electron chi connectivity index (χ0n) is 9.50. The van der Waals surface area contributed by atoms with Crippen LogP contribution >= 0.6 is 11.6 Å². The number of carbonyl (C=O) groups excluding carboxylic acids is 1. The SMILES string of the molecule is NC(=O)c1ccc(Cl)cc1NCC1(N)CCC1. The second-order valence-corrected chi connectivity index (χ2v) is 5.06. The fourth-order valence-electron chi connectivity index (χ4n) is 1.96. The zero-order chi connectivity index (χ0) is 12.5. The molecule has 92 valence electrons. The first kappa shape index (κ1) is 12.2. The summed E-state index contributed by atoms with van der Waals surface area (Å²) in [6.45, 7) is 0.633. The van der Waals surface area contributed by atoms with Gasteiger partial charge in [0.15, 0.2) is 0 Å². The molecule has 0 unspecified atom stereocenters. The van der Waals surface area contributed by atoms with Gasteiger partial charge in [-0.25, -0.2) is 0 Å². The van der Waals surface area contributed by atoms with Gasteiger partial charge in [-0.3, -0.25) is 4.79 Å². The van der Waals surface area contributed by atoms with E-state index in [0.717, 1.165) is 19.3 Å². The molecule has 0 aliphatic heterocycles. The number of hydrogen-bond donors (Lipinski definition) is 3. The standard InChI is InChI=1S/C12H16ClN3O/c13-8-2-3-9(11(14)17)10(6-8)16-7-12(15)4-1-5-12/h2-3,6,16H,1,4-5,7,15H2,(H2,14,17). The van der Waals surface area contributed by atoms with E-state index in [4.69, 9.17) is 23.1 Å². The Balaban J connectivity index is 2.13. The third-order valence-electron chi connectivity index (χ3n) is 3.23. The van der Waals surface area contributed by atoms with Crippen molar-refractivity contribution in [2.45, 2.75) is 24.8 Å². The number of carbonyl (C=O) groups is 1. The maximum absolute atomic E-state index is 11.2. The molecule has 0 radical (unpaired) electrons. The minimum absolute atomic E-state index is 0.156. The Morgan fingerprint density at radius 1 is 1.47 bits per heavy atom. The van der Waals surface area contributed by atoms with Crippen molar-refractivity contribution in [2.24, 2.45) is 11.5 Å². The molecule has 1 fully saturated rings. The van der Waals surface area contributed by atoms with Crippen LogP contribution in [0.3, 0.4) is 0 Å². The molecule has 1 aromatic carbocycles. The van der Waals surface area contributed by atoms with Crippen LogP contribution < -0.4 is 16.8 Å². The van der Waals surface area contributed by atoms with Gasteiger partial charge in [0.05, 0.1) is 5.56 Å². The first-order valence-corrected chi connectivity index (χ1v) is 6.00. The van der Waals surface area contributed by atoms with E-state index in [2.05, 4.69) is 5.32 Å². The van der Waals surface area contributed by atoms with Crippen molar-refractivity contribution < 1.29 is 4.79 Å². The van der Waals surface area contributed by atoms with Crippen molar-refractivity contribution in [1.29, 1.82) is 0 Å². The molecule has 0 atom stereocenters. The fraction of sp³-hybridized carbons (Fsp3) is 0.417. The lowest BCUT2D eigenvalue weighted by Crippen LogP contribution is -2.52. The highest BCUT2D eigenvalue weighted by Crippen LogP contribution is 2.30. The molecule has 0 saturated heterocycles. The van der Waals surface area contributed by atoms with Crippen LogP contribution in [0.4, 0.5) is 5.69 Å². The number of primary amides is 1. The molecule has 1 aliphatic rings. The maximum atomic E-state index is 11.2. The smallest absolute Gasteiger partial charge is 0.250 e. The number of nitrogens with two attached hydrogens (primary N) is 2. The molecule has 5 N–H and O–H groups in total. The summed E-state index contributed by atoms with van der Waals surface area (Å²) in [5.74, 6) is -0.469. The van der Waals surface area contributed by atoms with Crippen LogP contribution in [0.15, 0.2) is 18.2 Å². The molecular formula is C12H16ClN3O. The van der Waals surface area contributed by atoms with Crippen LogP contribution in [0.25, 0.3) is 0 Å². The number of hydrogen-bond acceptors (Lipinski definition) is 3. The van der Waals surface area contributed by atoms with Gasteiger partial charge in [-0.2, -0.15) is 0 Å². The monoisotopic (exact) mass is 253 g/mol. The third kappa shape index (κ3) is 2.70. The first-order chi connectivity index (χ1) is 8.00. The van der Waals surface area contributed by atoms with Gasteiger partial charge < -0.3 is 16.8 Å². The molecule has 1 saturated carbocycles. The van der Waals surface area contributed by atoms with E-state index in [-0.39, 0.29) is 5.54 Å². The Kier molecular flexibility index (Phi) is 3.26. The summed E-state index contributed by atoms with van der Waals surface area (Å²) >= 11 is 5.90. The average molecular weight is 254 g/mol. The molecule has 1 amide bonds. The van der Waals surface area contributed by atoms with Gasteiger partial charge in [-0.15, -0.1) is 0 Å². The highest BCUT2D eigenvalue weighted by Gasteiger charge is 2.32. The number of anilines is 1. The lowest BCUT2D eigenvalue weighted by atomic mass is 9.78. The molecule has 17 heavy (non-hydrogen) atoms. The maximum Gasteiger partial charge on any atom is 0.250 e. The fourth-order valence-corrected chi connectivity index (χ4v) is 2.13. The van der Waals surface area contributed by atoms with Crippen molar-refractivity contribution in [1.82, 2.24) is 0 Å². The molecule has 2 rings (SSSR count). The van der Waals surface area contributed by atoms with Crippen LogP contribution in [0.2, 0.25) is 5.02 Å². The highest BCUT2D eigenvalue weighted by atomic mass is 35.5. The van der Waals surface area contributed by atoms with Crippen LogP contribution in [-0.2, 0) is 0 Å². The van der Waals surface area contributed by atoms with E-state index in [1.54, 1.807) is 18.2 Å². The predicted octanol–water partition coefficient (Wildman–Crippen LogP) is 1.73. The Morgan fingerprint density at radius 3 is 2.71 bits per heavy atom. The van der Waals surface area contributed by atoms with Gasteiger partial charge in [0.2, 0.25) is 0 Å². The van der Waals surface area contributed by atoms with Gasteiger partial charge in [0.1, 0.15) is 0 Å². The van der Waals surface area contributed by atoms with Crippen molar-refractivity contribution in [3.63, 3.8) is 0 Å². The average Bonchev–Trinajstić information content (AvgIpc) is 2.23. The quantitative estimate of drug-likeness (QED) is 0.764. The van der Waals surface area contributed by atoms with Crippen LogP contribution in [0, 0.1) is 0 Å². The number of benzene rings is 1. The van der Waals surface area contributed by atoms with Crippen LogP contribution in [-0.4, -0.2) is 18.0 Å². The summed E-state index contributed by atoms with van der Waals surface area (Å²) in [7, 11) is 0. The zero-order valence-corrected chi connectivity index (χ0v) is 10.3. The van der Waals surface area contributed by atoms with Gasteiger partial charge in [0, 0.05) is 22.8 Å². The number of rotatable bonds is 4. The largest absolute Gasteiger partial charge is 0.383 e. The van der Waals surface area contributed by atoms with E-state index < -0.39 is 5.91 Å². The van der Waals surface area contributed by atoms with E-state index in [0.29, 0.717) is 22.8 Å². The van der Waals surface area contributed by atoms with Crippen LogP contribution in [0.5, 0.6) is 0 Å². The predicted molar refractivity (Wildman–Crippen MR) is 69.2 cm³/mol. The van der Waals surface area contributed by atoms with Gasteiger partial charge >= 0.3 is 0 Å². The minimum atomic E-state index is -0.469. The molecule has 1 aromatic rings. The van der Waals surface area contributed by atoms with E-state index >= 15 is 0 Å². The first-order valence-electron chi connectivity index (χ1n) is 5.62. The number of nitrogens with one attached hydrogen (secondary N) is 1. The molecule has 0 aromatic heterocycles. The molecule has 0 bridgehead atoms. The van der Waals surface area contributed by atoms with Crippen molar-refractivity contribution >= 4 is 23.2 Å². The Morgan fingerprint density at radius 2 is 2.18 bits per heavy atom. The second-order valence-electron chi connectivity index (χ2n) is 4.62. The Hall–Kier alpha value is -1.26. The van der Waals surface area contributed by atoms with Crippen molar-refractivity contribution in [2.75, 3.05) is 11.9 Å². The summed E-state index contributed by atoms with van der Waals surface area (Å²) in [4.78, 5) is 11.2.